The molecule has 5 heteroatoms. The molecule has 0 saturated carbocycles. The first-order chi connectivity index (χ1) is 8.13. The van der Waals surface area contributed by atoms with Crippen molar-refractivity contribution in [2.24, 2.45) is 0 Å². The van der Waals surface area contributed by atoms with E-state index in [0.29, 0.717) is 10.8 Å². The van der Waals surface area contributed by atoms with Gasteiger partial charge in [-0.15, -0.1) is 0 Å². The number of rotatable bonds is 2. The minimum Gasteiger partial charge on any atom is -0.462 e. The lowest BCUT2D eigenvalue weighted by Crippen LogP contribution is -2.07. The van der Waals surface area contributed by atoms with Gasteiger partial charge in [0.2, 0.25) is 0 Å². The zero-order valence-electron chi connectivity index (χ0n) is 9.04. The van der Waals surface area contributed by atoms with Gasteiger partial charge in [0.25, 0.3) is 0 Å². The van der Waals surface area contributed by atoms with Crippen LogP contribution in [0.5, 0.6) is 0 Å². The Bertz CT molecular complexity index is 581. The van der Waals surface area contributed by atoms with Crippen LogP contribution < -0.4 is 0 Å². The summed E-state index contributed by atoms with van der Waals surface area (Å²) in [5.41, 5.74) is 0.102. The van der Waals surface area contributed by atoms with Crippen LogP contribution >= 0.6 is 11.6 Å². The number of benzene rings is 1. The molecule has 2 rings (SSSR count). The van der Waals surface area contributed by atoms with Gasteiger partial charge in [0.05, 0.1) is 6.61 Å². The molecule has 0 radical (unpaired) electrons. The zero-order valence-corrected chi connectivity index (χ0v) is 9.79. The van der Waals surface area contributed by atoms with E-state index in [1.807, 2.05) is 0 Å². The smallest absolute Gasteiger partial charge is 0.341 e. The Morgan fingerprint density at radius 3 is 3.00 bits per heavy atom. The van der Waals surface area contributed by atoms with Crippen molar-refractivity contribution in [2.45, 2.75) is 6.92 Å². The number of carbonyl (C=O) groups is 1. The van der Waals surface area contributed by atoms with Crippen LogP contribution in [0.4, 0.5) is 4.39 Å². The monoisotopic (exact) mass is 253 g/mol. The third-order valence-electron chi connectivity index (χ3n) is 2.29. The molecule has 1 heterocycles. The molecular formula is C12H9ClFNO2. The predicted octanol–water partition coefficient (Wildman–Crippen LogP) is 3.20. The molecule has 0 saturated heterocycles. The van der Waals surface area contributed by atoms with Crippen molar-refractivity contribution in [3.05, 3.63) is 40.9 Å². The van der Waals surface area contributed by atoms with Gasteiger partial charge in [-0.25, -0.2) is 14.2 Å². The third kappa shape index (κ3) is 2.22. The Balaban J connectivity index is 2.70. The van der Waals surface area contributed by atoms with Crippen molar-refractivity contribution >= 4 is 28.3 Å². The summed E-state index contributed by atoms with van der Waals surface area (Å²) in [6.45, 7) is 1.91. The topological polar surface area (TPSA) is 39.2 Å². The van der Waals surface area contributed by atoms with Crippen molar-refractivity contribution in [1.29, 1.82) is 0 Å². The maximum Gasteiger partial charge on any atom is 0.341 e. The van der Waals surface area contributed by atoms with Gasteiger partial charge in [0.15, 0.2) is 0 Å². The van der Waals surface area contributed by atoms with Crippen LogP contribution in [0.25, 0.3) is 10.8 Å². The van der Waals surface area contributed by atoms with E-state index in [1.54, 1.807) is 6.92 Å². The second-order valence-corrected chi connectivity index (χ2v) is 3.73. The van der Waals surface area contributed by atoms with Crippen molar-refractivity contribution in [2.75, 3.05) is 6.61 Å². The highest BCUT2D eigenvalue weighted by molar-refractivity contribution is 6.34. The fraction of sp³-hybridized carbons (Fsp3) is 0.167. The van der Waals surface area contributed by atoms with E-state index < -0.39 is 11.8 Å². The highest BCUT2D eigenvalue weighted by Crippen LogP contribution is 2.25. The van der Waals surface area contributed by atoms with E-state index in [-0.39, 0.29) is 17.3 Å². The van der Waals surface area contributed by atoms with E-state index in [1.165, 1.54) is 24.4 Å². The van der Waals surface area contributed by atoms with Crippen LogP contribution in [-0.4, -0.2) is 17.6 Å². The van der Waals surface area contributed by atoms with Crippen LogP contribution in [0.2, 0.25) is 5.15 Å². The number of nitrogens with zero attached hydrogens (tertiary/aromatic N) is 1. The number of hydrogen-bond donors (Lipinski definition) is 0. The van der Waals surface area contributed by atoms with Crippen molar-refractivity contribution < 1.29 is 13.9 Å². The molecule has 0 unspecified atom stereocenters. The van der Waals surface area contributed by atoms with E-state index in [4.69, 9.17) is 16.3 Å². The lowest BCUT2D eigenvalue weighted by atomic mass is 10.1. The molecule has 0 fully saturated rings. The van der Waals surface area contributed by atoms with Gasteiger partial charge in [-0.3, -0.25) is 0 Å². The highest BCUT2D eigenvalue weighted by Gasteiger charge is 2.17. The second-order valence-electron chi connectivity index (χ2n) is 3.38. The average Bonchev–Trinajstić information content (AvgIpc) is 2.28. The number of esters is 1. The van der Waals surface area contributed by atoms with Gasteiger partial charge in [-0.2, -0.15) is 0 Å². The van der Waals surface area contributed by atoms with Gasteiger partial charge in [0, 0.05) is 17.0 Å². The first kappa shape index (κ1) is 11.8. The summed E-state index contributed by atoms with van der Waals surface area (Å²) in [6, 6.07) is 4.08. The van der Waals surface area contributed by atoms with Crippen LogP contribution in [0.15, 0.2) is 24.4 Å². The molecule has 0 aliphatic carbocycles. The number of ether oxygens (including phenoxy) is 1. The molecule has 0 bridgehead atoms. The number of aromatic nitrogens is 1. The molecule has 1 aromatic carbocycles. The van der Waals surface area contributed by atoms with Crippen molar-refractivity contribution in [1.82, 2.24) is 4.98 Å². The molecule has 0 N–H and O–H groups in total. The first-order valence-corrected chi connectivity index (χ1v) is 5.42. The largest absolute Gasteiger partial charge is 0.462 e. The minimum absolute atomic E-state index is 0.0153. The standard InChI is InChI=1S/C12H9ClFNO2/c1-2-17-12(16)10-9-5-8(14)4-3-7(9)6-15-11(10)13/h3-6H,2H2,1H3. The summed E-state index contributed by atoms with van der Waals surface area (Å²) >= 11 is 5.85. The zero-order chi connectivity index (χ0) is 12.4. The summed E-state index contributed by atoms with van der Waals surface area (Å²) in [7, 11) is 0. The van der Waals surface area contributed by atoms with Crippen molar-refractivity contribution in [3.8, 4) is 0 Å². The molecule has 0 aliphatic rings. The first-order valence-electron chi connectivity index (χ1n) is 5.04. The number of halogens is 2. The molecule has 17 heavy (non-hydrogen) atoms. The number of hydrogen-bond acceptors (Lipinski definition) is 3. The molecule has 0 atom stereocenters. The Morgan fingerprint density at radius 2 is 2.29 bits per heavy atom. The molecular weight excluding hydrogens is 245 g/mol. The SMILES string of the molecule is CCOC(=O)c1c(Cl)ncc2ccc(F)cc12. The summed E-state index contributed by atoms with van der Waals surface area (Å²) in [5, 5.41) is 1.06. The maximum absolute atomic E-state index is 13.2. The van der Waals surface area contributed by atoms with E-state index in [9.17, 15) is 9.18 Å². The lowest BCUT2D eigenvalue weighted by molar-refractivity contribution is 0.0528. The van der Waals surface area contributed by atoms with Crippen LogP contribution in [0.3, 0.4) is 0 Å². The summed E-state index contributed by atoms with van der Waals surface area (Å²) in [4.78, 5) is 15.6. The van der Waals surface area contributed by atoms with Crippen LogP contribution in [-0.2, 0) is 4.74 Å². The van der Waals surface area contributed by atoms with Crippen molar-refractivity contribution in [3.63, 3.8) is 0 Å². The van der Waals surface area contributed by atoms with Crippen LogP contribution in [0.1, 0.15) is 17.3 Å². The Kier molecular flexibility index (Phi) is 3.24. The van der Waals surface area contributed by atoms with Gasteiger partial charge >= 0.3 is 5.97 Å². The molecule has 88 valence electrons. The molecule has 0 aliphatic heterocycles. The van der Waals surface area contributed by atoms with Crippen LogP contribution in [0, 0.1) is 5.82 Å². The summed E-state index contributed by atoms with van der Waals surface area (Å²) < 4.78 is 18.1. The minimum atomic E-state index is -0.596. The molecule has 2 aromatic rings. The third-order valence-corrected chi connectivity index (χ3v) is 2.57. The Morgan fingerprint density at radius 1 is 1.53 bits per heavy atom. The van der Waals surface area contributed by atoms with E-state index in [0.717, 1.165) is 0 Å². The highest BCUT2D eigenvalue weighted by atomic mass is 35.5. The van der Waals surface area contributed by atoms with Gasteiger partial charge in [-0.05, 0) is 25.1 Å². The fourth-order valence-corrected chi connectivity index (χ4v) is 1.78. The average molecular weight is 254 g/mol. The maximum atomic E-state index is 13.2. The van der Waals surface area contributed by atoms with E-state index in [2.05, 4.69) is 4.98 Å². The van der Waals surface area contributed by atoms with E-state index >= 15 is 0 Å². The quantitative estimate of drug-likeness (QED) is 0.609. The molecule has 1 aromatic heterocycles. The molecule has 0 amide bonds. The van der Waals surface area contributed by atoms with Gasteiger partial charge in [0.1, 0.15) is 16.5 Å². The Hall–Kier alpha value is -1.68. The molecule has 3 nitrogen and oxygen atoms in total. The Labute approximate surface area is 102 Å². The normalized spacial score (nSPS) is 10.5. The second kappa shape index (κ2) is 4.67. The molecule has 0 spiro atoms. The predicted molar refractivity (Wildman–Crippen MR) is 62.7 cm³/mol. The lowest BCUT2D eigenvalue weighted by Gasteiger charge is -2.07. The van der Waals surface area contributed by atoms with Gasteiger partial charge < -0.3 is 4.74 Å². The summed E-state index contributed by atoms with van der Waals surface area (Å²) in [6.07, 6.45) is 1.49. The fourth-order valence-electron chi connectivity index (χ4n) is 1.56. The van der Waals surface area contributed by atoms with Gasteiger partial charge in [-0.1, -0.05) is 11.6 Å². The number of fused-ring (bicyclic) bond motifs is 1. The number of carbonyl (C=O) groups excluding carboxylic acids is 1. The summed E-state index contributed by atoms with van der Waals surface area (Å²) in [5.74, 6) is -1.04. The number of pyridine rings is 1.